The minimum Gasteiger partial charge on any atom is -0.309 e. The summed E-state index contributed by atoms with van der Waals surface area (Å²) in [6.45, 7) is 5.42. The number of rotatable bonds is 6. The number of pyridine rings is 1. The summed E-state index contributed by atoms with van der Waals surface area (Å²) in [5.74, 6) is 0. The van der Waals surface area contributed by atoms with Gasteiger partial charge in [0, 0.05) is 38.5 Å². The molecule has 0 saturated carbocycles. The number of aromatic nitrogens is 2. The minimum absolute atomic E-state index is 1.01. The molecule has 0 atom stereocenters. The van der Waals surface area contributed by atoms with Crippen molar-refractivity contribution in [1.82, 2.24) is 9.55 Å². The van der Waals surface area contributed by atoms with Gasteiger partial charge in [-0.05, 0) is 84.8 Å². The molecule has 5 aromatic carbocycles. The first-order valence-electron chi connectivity index (χ1n) is 14.6. The first-order valence-corrected chi connectivity index (χ1v) is 15.4. The Bertz CT molecular complexity index is 1950. The molecule has 0 saturated heterocycles. The fourth-order valence-corrected chi connectivity index (χ4v) is 6.00. The molecule has 3 nitrogen and oxygen atoms in total. The van der Waals surface area contributed by atoms with E-state index in [0.29, 0.717) is 0 Å². The van der Waals surface area contributed by atoms with Gasteiger partial charge in [0.2, 0.25) is 0 Å². The fourth-order valence-electron chi connectivity index (χ4n) is 5.52. The van der Waals surface area contributed by atoms with E-state index >= 15 is 0 Å². The molecule has 7 rings (SSSR count). The normalized spacial score (nSPS) is 11.0. The van der Waals surface area contributed by atoms with Crippen LogP contribution in [0.5, 0.6) is 0 Å². The molecule has 0 aliphatic rings. The smallest absolute Gasteiger partial charge is 0.0644 e. The van der Waals surface area contributed by atoms with E-state index in [-0.39, 0.29) is 0 Å². The van der Waals surface area contributed by atoms with Crippen LogP contribution >= 0.6 is 15.9 Å². The maximum Gasteiger partial charge on any atom is 0.0644 e. The predicted molar refractivity (Wildman–Crippen MR) is 191 cm³/mol. The predicted octanol–water partition coefficient (Wildman–Crippen LogP) is 11.8. The molecule has 2 heterocycles. The number of hydrogen-bond donors (Lipinski definition) is 0. The quantitative estimate of drug-likeness (QED) is 0.170. The van der Waals surface area contributed by atoms with Crippen LogP contribution in [0.4, 0.5) is 17.1 Å². The van der Waals surface area contributed by atoms with Crippen molar-refractivity contribution in [3.05, 3.63) is 175 Å². The van der Waals surface area contributed by atoms with Crippen LogP contribution in [0.25, 0.3) is 38.6 Å². The van der Waals surface area contributed by atoms with Crippen LogP contribution in [0.3, 0.4) is 0 Å². The van der Waals surface area contributed by atoms with Crippen molar-refractivity contribution in [1.29, 1.82) is 0 Å². The number of hydrogen-bond acceptors (Lipinski definition) is 2. The molecule has 0 aliphatic heterocycles. The van der Waals surface area contributed by atoms with Crippen LogP contribution in [-0.4, -0.2) is 9.55 Å². The van der Waals surface area contributed by atoms with Crippen molar-refractivity contribution in [2.24, 2.45) is 0 Å². The van der Waals surface area contributed by atoms with Gasteiger partial charge in [0.25, 0.3) is 0 Å². The molecule has 0 aliphatic carbocycles. The van der Waals surface area contributed by atoms with Crippen molar-refractivity contribution in [2.45, 2.75) is 6.92 Å². The van der Waals surface area contributed by atoms with Crippen LogP contribution < -0.4 is 4.90 Å². The van der Waals surface area contributed by atoms with Gasteiger partial charge < -0.3 is 9.47 Å². The van der Waals surface area contributed by atoms with E-state index in [9.17, 15) is 0 Å². The summed E-state index contributed by atoms with van der Waals surface area (Å²) in [6, 6.07) is 47.1. The number of halogens is 1. The first kappa shape index (κ1) is 28.9. The van der Waals surface area contributed by atoms with E-state index in [2.05, 4.69) is 158 Å². The van der Waals surface area contributed by atoms with E-state index in [1.165, 1.54) is 21.8 Å². The summed E-state index contributed by atoms with van der Waals surface area (Å²) in [5, 5.41) is 2.54. The van der Waals surface area contributed by atoms with Crippen LogP contribution in [0.15, 0.2) is 175 Å². The number of anilines is 3. The Labute approximate surface area is 267 Å². The molecule has 0 spiro atoms. The van der Waals surface area contributed by atoms with E-state index in [4.69, 9.17) is 0 Å². The lowest BCUT2D eigenvalue weighted by Crippen LogP contribution is -2.10. The highest BCUT2D eigenvalue weighted by Gasteiger charge is 2.15. The minimum atomic E-state index is 1.01. The van der Waals surface area contributed by atoms with Crippen LogP contribution in [0.2, 0.25) is 0 Å². The van der Waals surface area contributed by atoms with Gasteiger partial charge in [-0.3, -0.25) is 4.98 Å². The fraction of sp³-hybridized carbons (Fsp3) is 0.0250. The Kier molecular flexibility index (Phi) is 8.81. The van der Waals surface area contributed by atoms with Gasteiger partial charge in [0.05, 0.1) is 22.9 Å². The number of allylic oxidation sites excluding steroid dienone is 3. The summed E-state index contributed by atoms with van der Waals surface area (Å²) in [7, 11) is 0. The standard InChI is InChI=1S/C35H24BrN3.C5H8/c36-27-21-26(22-31(23-27)38(28-9-2-1-3-10-28)30-11-8-20-37-24-30)25-16-18-29(19-17-25)39-34-14-6-4-12-32(34)33-13-5-7-15-35(33)39;1-3-5-4-2/h1-24H;3-5H,1H2,2H3/b;5-4-. The topological polar surface area (TPSA) is 21.1 Å². The summed E-state index contributed by atoms with van der Waals surface area (Å²) in [4.78, 5) is 6.61. The average Bonchev–Trinajstić information content (AvgIpc) is 3.41. The van der Waals surface area contributed by atoms with Crippen molar-refractivity contribution in [3.8, 4) is 16.8 Å². The molecule has 0 N–H and O–H groups in total. The molecule has 2 aromatic heterocycles. The monoisotopic (exact) mass is 633 g/mol. The number of nitrogens with zero attached hydrogens (tertiary/aromatic N) is 3. The van der Waals surface area contributed by atoms with Gasteiger partial charge in [-0.2, -0.15) is 0 Å². The second-order valence-corrected chi connectivity index (χ2v) is 11.2. The zero-order chi connectivity index (χ0) is 30.3. The van der Waals surface area contributed by atoms with Gasteiger partial charge in [-0.25, -0.2) is 0 Å². The van der Waals surface area contributed by atoms with Crippen molar-refractivity contribution in [3.63, 3.8) is 0 Å². The third kappa shape index (κ3) is 5.98. The molecule has 44 heavy (non-hydrogen) atoms. The molecule has 0 bridgehead atoms. The van der Waals surface area contributed by atoms with Gasteiger partial charge in [0.15, 0.2) is 0 Å². The Morgan fingerprint density at radius 3 is 1.89 bits per heavy atom. The van der Waals surface area contributed by atoms with E-state index in [1.54, 1.807) is 12.3 Å². The average molecular weight is 635 g/mol. The zero-order valence-corrected chi connectivity index (χ0v) is 26.1. The van der Waals surface area contributed by atoms with Crippen LogP contribution in [-0.2, 0) is 0 Å². The third-order valence-electron chi connectivity index (χ3n) is 7.43. The SMILES string of the molecule is Brc1cc(-c2ccc(-n3c4ccccc4c4ccccc43)cc2)cc(N(c2ccccc2)c2cccnc2)c1.C=C/C=C\C. The van der Waals surface area contributed by atoms with E-state index in [1.807, 2.05) is 37.4 Å². The zero-order valence-electron chi connectivity index (χ0n) is 24.5. The highest BCUT2D eigenvalue weighted by atomic mass is 79.9. The number of fused-ring (bicyclic) bond motifs is 3. The third-order valence-corrected chi connectivity index (χ3v) is 7.88. The molecular formula is C40H32BrN3. The first-order chi connectivity index (χ1) is 21.7. The second-order valence-electron chi connectivity index (χ2n) is 10.3. The van der Waals surface area contributed by atoms with Crippen molar-refractivity contribution >= 4 is 54.8 Å². The maximum atomic E-state index is 4.38. The van der Waals surface area contributed by atoms with Crippen LogP contribution in [0, 0.1) is 0 Å². The van der Waals surface area contributed by atoms with Crippen molar-refractivity contribution in [2.75, 3.05) is 4.90 Å². The largest absolute Gasteiger partial charge is 0.309 e. The number of benzene rings is 5. The molecule has 0 unspecified atom stereocenters. The Morgan fingerprint density at radius 1 is 0.659 bits per heavy atom. The van der Waals surface area contributed by atoms with Gasteiger partial charge in [-0.1, -0.05) is 107 Å². The summed E-state index contributed by atoms with van der Waals surface area (Å²) in [6.07, 6.45) is 9.28. The Morgan fingerprint density at radius 2 is 1.30 bits per heavy atom. The molecule has 4 heteroatoms. The molecule has 0 amide bonds. The van der Waals surface area contributed by atoms with Gasteiger partial charge >= 0.3 is 0 Å². The lowest BCUT2D eigenvalue weighted by molar-refractivity contribution is 1.18. The van der Waals surface area contributed by atoms with Crippen molar-refractivity contribution < 1.29 is 0 Å². The molecule has 214 valence electrons. The Hall–Kier alpha value is -5.19. The molecule has 0 radical (unpaired) electrons. The maximum absolute atomic E-state index is 4.38. The van der Waals surface area contributed by atoms with Gasteiger partial charge in [-0.15, -0.1) is 0 Å². The molecule has 0 fully saturated rings. The van der Waals surface area contributed by atoms with Gasteiger partial charge in [0.1, 0.15) is 0 Å². The highest BCUT2D eigenvalue weighted by molar-refractivity contribution is 9.10. The number of para-hydroxylation sites is 3. The second kappa shape index (κ2) is 13.4. The Balaban J connectivity index is 0.000000637. The van der Waals surface area contributed by atoms with E-state index < -0.39 is 0 Å². The summed E-state index contributed by atoms with van der Waals surface area (Å²) in [5.41, 5.74) is 9.01. The lowest BCUT2D eigenvalue weighted by atomic mass is 10.0. The lowest BCUT2D eigenvalue weighted by Gasteiger charge is -2.25. The van der Waals surface area contributed by atoms with Crippen LogP contribution in [0.1, 0.15) is 6.92 Å². The highest BCUT2D eigenvalue weighted by Crippen LogP contribution is 2.38. The van der Waals surface area contributed by atoms with E-state index in [0.717, 1.165) is 38.3 Å². The molecule has 7 aromatic rings. The summed E-state index contributed by atoms with van der Waals surface area (Å²) >= 11 is 3.78. The molecular weight excluding hydrogens is 602 g/mol. The summed E-state index contributed by atoms with van der Waals surface area (Å²) < 4.78 is 3.37.